The van der Waals surface area contributed by atoms with Crippen LogP contribution in [0.25, 0.3) is 0 Å². The van der Waals surface area contributed by atoms with Gasteiger partial charge >= 0.3 is 11.8 Å². The highest BCUT2D eigenvalue weighted by molar-refractivity contribution is 6.40. The van der Waals surface area contributed by atoms with Crippen LogP contribution < -0.4 is 25.0 Å². The van der Waals surface area contributed by atoms with Crippen LogP contribution in [-0.4, -0.2) is 31.7 Å². The first-order valence-electron chi connectivity index (χ1n) is 10.4. The van der Waals surface area contributed by atoms with Crippen molar-refractivity contribution < 1.29 is 28.2 Å². The lowest BCUT2D eigenvalue weighted by Gasteiger charge is -2.12. The fourth-order valence-corrected chi connectivity index (χ4v) is 3.13. The molecule has 0 aliphatic rings. The van der Waals surface area contributed by atoms with Gasteiger partial charge in [-0.1, -0.05) is 23.7 Å². The molecule has 182 valence electrons. The number of carbonyl (C=O) groups is 2. The zero-order valence-electron chi connectivity index (χ0n) is 19.2. The lowest BCUT2D eigenvalue weighted by Crippen LogP contribution is -2.33. The fraction of sp³-hybridized carbons (Fsp3) is 0.160. The highest BCUT2D eigenvalue weighted by atomic mass is 35.5. The van der Waals surface area contributed by atoms with Gasteiger partial charge in [-0.3, -0.25) is 9.59 Å². The Morgan fingerprint density at radius 1 is 0.914 bits per heavy atom. The number of carbonyl (C=O) groups excluding carboxylic acids is 2. The van der Waals surface area contributed by atoms with E-state index in [0.29, 0.717) is 33.5 Å². The molecule has 0 atom stereocenters. The van der Waals surface area contributed by atoms with Crippen molar-refractivity contribution in [1.82, 2.24) is 5.43 Å². The van der Waals surface area contributed by atoms with Crippen molar-refractivity contribution in [1.29, 1.82) is 0 Å². The molecule has 0 aliphatic carbocycles. The third-order valence-electron chi connectivity index (χ3n) is 4.83. The predicted octanol–water partition coefficient (Wildman–Crippen LogP) is 4.55. The third-order valence-corrected chi connectivity index (χ3v) is 5.07. The van der Waals surface area contributed by atoms with Gasteiger partial charge in [0.25, 0.3) is 0 Å². The molecule has 10 heteroatoms. The summed E-state index contributed by atoms with van der Waals surface area (Å²) in [5.41, 5.74) is 4.32. The molecular formula is C25H23ClFN3O5. The van der Waals surface area contributed by atoms with Crippen molar-refractivity contribution in [3.8, 4) is 17.2 Å². The summed E-state index contributed by atoms with van der Waals surface area (Å²) in [6, 6.07) is 15.7. The Morgan fingerprint density at radius 2 is 1.60 bits per heavy atom. The van der Waals surface area contributed by atoms with Gasteiger partial charge in [0, 0.05) is 10.6 Å². The molecule has 0 heterocycles. The van der Waals surface area contributed by atoms with Crippen LogP contribution in [0.3, 0.4) is 0 Å². The number of nitrogens with one attached hydrogen (secondary N) is 2. The van der Waals surface area contributed by atoms with E-state index in [1.807, 2.05) is 0 Å². The minimum Gasteiger partial charge on any atom is -0.495 e. The monoisotopic (exact) mass is 499 g/mol. The van der Waals surface area contributed by atoms with Gasteiger partial charge in [0.05, 0.1) is 25.6 Å². The van der Waals surface area contributed by atoms with Crippen molar-refractivity contribution >= 4 is 34.8 Å². The third kappa shape index (κ3) is 6.94. The van der Waals surface area contributed by atoms with Crippen LogP contribution >= 0.6 is 11.6 Å². The van der Waals surface area contributed by atoms with Gasteiger partial charge in [-0.15, -0.1) is 0 Å². The van der Waals surface area contributed by atoms with Crippen LogP contribution in [0, 0.1) is 5.82 Å². The minimum atomic E-state index is -0.974. The molecule has 0 aliphatic heterocycles. The average molecular weight is 500 g/mol. The van der Waals surface area contributed by atoms with Gasteiger partial charge in [-0.05, 0) is 61.0 Å². The fourth-order valence-electron chi connectivity index (χ4n) is 2.96. The van der Waals surface area contributed by atoms with Crippen LogP contribution in [0.15, 0.2) is 65.8 Å². The topological polar surface area (TPSA) is 98.2 Å². The van der Waals surface area contributed by atoms with Gasteiger partial charge in [0.15, 0.2) is 11.5 Å². The number of benzene rings is 3. The number of ether oxygens (including phenoxy) is 3. The van der Waals surface area contributed by atoms with Crippen molar-refractivity contribution in [2.75, 3.05) is 19.5 Å². The second-order valence-electron chi connectivity index (χ2n) is 7.22. The molecule has 3 aromatic carbocycles. The average Bonchev–Trinajstić information content (AvgIpc) is 2.86. The molecule has 2 N–H and O–H groups in total. The molecule has 2 amide bonds. The van der Waals surface area contributed by atoms with Crippen LogP contribution in [0.2, 0.25) is 5.02 Å². The van der Waals surface area contributed by atoms with Crippen LogP contribution in [0.4, 0.5) is 10.1 Å². The van der Waals surface area contributed by atoms with Gasteiger partial charge in [0.1, 0.15) is 18.2 Å². The van der Waals surface area contributed by atoms with Crippen molar-refractivity contribution in [3.05, 3.63) is 82.6 Å². The molecular weight excluding hydrogens is 477 g/mol. The smallest absolute Gasteiger partial charge is 0.329 e. The summed E-state index contributed by atoms with van der Waals surface area (Å²) in [5, 5.41) is 6.80. The lowest BCUT2D eigenvalue weighted by atomic mass is 10.1. The SMILES string of the molecule is COc1ccc(Cl)cc1NC(=O)C(=O)N/N=C(\C)c1ccc(OCc2ccc(F)cc2)c(OC)c1. The lowest BCUT2D eigenvalue weighted by molar-refractivity contribution is -0.136. The molecule has 0 bridgehead atoms. The molecule has 0 aromatic heterocycles. The first-order chi connectivity index (χ1) is 16.8. The maximum Gasteiger partial charge on any atom is 0.329 e. The van der Waals surface area contributed by atoms with Gasteiger partial charge in [0.2, 0.25) is 0 Å². The number of anilines is 1. The van der Waals surface area contributed by atoms with Crippen molar-refractivity contribution in [3.63, 3.8) is 0 Å². The highest BCUT2D eigenvalue weighted by Gasteiger charge is 2.16. The molecule has 35 heavy (non-hydrogen) atoms. The summed E-state index contributed by atoms with van der Waals surface area (Å²) >= 11 is 5.94. The van der Waals surface area contributed by atoms with Gasteiger partial charge < -0.3 is 19.5 Å². The van der Waals surface area contributed by atoms with E-state index in [9.17, 15) is 14.0 Å². The van der Waals surface area contributed by atoms with Crippen LogP contribution in [0.5, 0.6) is 17.2 Å². The molecule has 3 aromatic rings. The van der Waals surface area contributed by atoms with Crippen molar-refractivity contribution in [2.24, 2.45) is 5.10 Å². The van der Waals surface area contributed by atoms with Gasteiger partial charge in [-0.25, -0.2) is 9.82 Å². The number of hydrogen-bond acceptors (Lipinski definition) is 6. The predicted molar refractivity (Wildman–Crippen MR) is 131 cm³/mol. The Morgan fingerprint density at radius 3 is 2.29 bits per heavy atom. The van der Waals surface area contributed by atoms with E-state index in [1.165, 1.54) is 32.4 Å². The summed E-state index contributed by atoms with van der Waals surface area (Å²) < 4.78 is 29.4. The number of methoxy groups -OCH3 is 2. The van der Waals surface area contributed by atoms with E-state index < -0.39 is 11.8 Å². The largest absolute Gasteiger partial charge is 0.495 e. The molecule has 0 unspecified atom stereocenters. The van der Waals surface area contributed by atoms with E-state index in [1.54, 1.807) is 49.4 Å². The van der Waals surface area contributed by atoms with Crippen LogP contribution in [-0.2, 0) is 16.2 Å². The summed E-state index contributed by atoms with van der Waals surface area (Å²) in [7, 11) is 2.92. The number of hydrogen-bond donors (Lipinski definition) is 2. The zero-order chi connectivity index (χ0) is 25.4. The Hall–Kier alpha value is -4.11. The number of nitrogens with zero attached hydrogens (tertiary/aromatic N) is 1. The normalized spacial score (nSPS) is 10.9. The Balaban J connectivity index is 1.64. The molecule has 0 radical (unpaired) electrons. The summed E-state index contributed by atoms with van der Waals surface area (Å²) in [6.45, 7) is 1.89. The quantitative estimate of drug-likeness (QED) is 0.269. The van der Waals surface area contributed by atoms with E-state index in [4.69, 9.17) is 25.8 Å². The first-order valence-corrected chi connectivity index (χ1v) is 10.7. The first kappa shape index (κ1) is 25.5. The Bertz CT molecular complexity index is 1250. The van der Waals surface area contributed by atoms with E-state index in [-0.39, 0.29) is 18.1 Å². The molecule has 0 fully saturated rings. The van der Waals surface area contributed by atoms with E-state index in [0.717, 1.165) is 5.56 Å². The second kappa shape index (κ2) is 11.8. The maximum atomic E-state index is 13.1. The number of halogens is 2. The summed E-state index contributed by atoms with van der Waals surface area (Å²) in [6.07, 6.45) is 0. The second-order valence-corrected chi connectivity index (χ2v) is 7.65. The van der Waals surface area contributed by atoms with E-state index >= 15 is 0 Å². The van der Waals surface area contributed by atoms with E-state index in [2.05, 4.69) is 15.8 Å². The molecule has 0 saturated carbocycles. The highest BCUT2D eigenvalue weighted by Crippen LogP contribution is 2.29. The number of amides is 2. The summed E-state index contributed by atoms with van der Waals surface area (Å²) in [4.78, 5) is 24.5. The molecule has 0 spiro atoms. The zero-order valence-corrected chi connectivity index (χ0v) is 20.0. The molecule has 3 rings (SSSR count). The number of rotatable bonds is 8. The molecule has 8 nitrogen and oxygen atoms in total. The minimum absolute atomic E-state index is 0.228. The van der Waals surface area contributed by atoms with Gasteiger partial charge in [-0.2, -0.15) is 5.10 Å². The maximum absolute atomic E-state index is 13.1. The number of hydrazone groups is 1. The standard InChI is InChI=1S/C25H23ClFN3O5/c1-15(29-30-25(32)24(31)28-20-13-18(26)7-11-21(20)33-2)17-6-10-22(23(12-17)34-3)35-14-16-4-8-19(27)9-5-16/h4-13H,14H2,1-3H3,(H,28,31)(H,30,32)/b29-15+. The summed E-state index contributed by atoms with van der Waals surface area (Å²) in [5.74, 6) is -0.964. The van der Waals surface area contributed by atoms with Crippen LogP contribution in [0.1, 0.15) is 18.1 Å². The Kier molecular flexibility index (Phi) is 8.63. The molecule has 0 saturated heterocycles. The van der Waals surface area contributed by atoms with Crippen molar-refractivity contribution in [2.45, 2.75) is 13.5 Å². The Labute approximate surface area is 206 Å².